The third-order valence-electron chi connectivity index (χ3n) is 3.17. The summed E-state index contributed by atoms with van der Waals surface area (Å²) >= 11 is 0. The molecule has 0 bridgehead atoms. The topological polar surface area (TPSA) is 67.2 Å². The monoisotopic (exact) mass is 245 g/mol. The maximum absolute atomic E-state index is 11.6. The van der Waals surface area contributed by atoms with E-state index in [9.17, 15) is 4.79 Å². The molecule has 0 aliphatic carbocycles. The van der Waals surface area contributed by atoms with Gasteiger partial charge in [-0.3, -0.25) is 4.79 Å². The van der Waals surface area contributed by atoms with Crippen molar-refractivity contribution in [1.82, 2.24) is 15.6 Å². The van der Waals surface area contributed by atoms with Crippen LogP contribution in [0.25, 0.3) is 11.1 Å². The third kappa shape index (κ3) is 1.97. The fourth-order valence-corrected chi connectivity index (χ4v) is 2.21. The largest absolute Gasteiger partial charge is 0.440 e. The molecule has 2 aromatic rings. The highest BCUT2D eigenvalue weighted by Gasteiger charge is 2.23. The fraction of sp³-hybridized carbons (Fsp3) is 0.385. The van der Waals surface area contributed by atoms with E-state index in [1.807, 2.05) is 25.1 Å². The zero-order valence-electron chi connectivity index (χ0n) is 10.2. The van der Waals surface area contributed by atoms with Crippen LogP contribution in [0.15, 0.2) is 22.6 Å². The molecule has 0 radical (unpaired) electrons. The summed E-state index contributed by atoms with van der Waals surface area (Å²) in [5.74, 6) is 0.620. The van der Waals surface area contributed by atoms with Crippen LogP contribution in [0.2, 0.25) is 0 Å². The van der Waals surface area contributed by atoms with Crippen molar-refractivity contribution in [3.05, 3.63) is 29.7 Å². The van der Waals surface area contributed by atoms with Crippen LogP contribution in [-0.4, -0.2) is 30.0 Å². The number of para-hydroxylation sites is 1. The second-order valence-electron chi connectivity index (χ2n) is 4.53. The molecule has 3 rings (SSSR count). The van der Waals surface area contributed by atoms with Gasteiger partial charge in [-0.05, 0) is 18.6 Å². The molecule has 5 heteroatoms. The molecule has 1 aromatic heterocycles. The second kappa shape index (κ2) is 4.42. The highest BCUT2D eigenvalue weighted by atomic mass is 16.3. The van der Waals surface area contributed by atoms with E-state index in [-0.39, 0.29) is 11.9 Å². The van der Waals surface area contributed by atoms with Gasteiger partial charge in [0, 0.05) is 19.5 Å². The van der Waals surface area contributed by atoms with Gasteiger partial charge < -0.3 is 15.1 Å². The Labute approximate surface area is 105 Å². The van der Waals surface area contributed by atoms with Gasteiger partial charge in [0.05, 0.1) is 6.04 Å². The average molecular weight is 245 g/mol. The SMILES string of the molecule is Cc1cccc2nc(CC3NCCNC3=O)oc12. The summed E-state index contributed by atoms with van der Waals surface area (Å²) in [4.78, 5) is 16.1. The first-order chi connectivity index (χ1) is 8.74. The molecule has 0 saturated carbocycles. The van der Waals surface area contributed by atoms with E-state index in [1.165, 1.54) is 0 Å². The summed E-state index contributed by atoms with van der Waals surface area (Å²) in [5.41, 5.74) is 2.72. The number of rotatable bonds is 2. The molecule has 2 heterocycles. The normalized spacial score (nSPS) is 20.1. The number of hydrogen-bond acceptors (Lipinski definition) is 4. The predicted octanol–water partition coefficient (Wildman–Crippen LogP) is 0.767. The van der Waals surface area contributed by atoms with E-state index >= 15 is 0 Å². The summed E-state index contributed by atoms with van der Waals surface area (Å²) in [6, 6.07) is 5.62. The molecule has 1 amide bonds. The summed E-state index contributed by atoms with van der Waals surface area (Å²) in [6.07, 6.45) is 0.486. The first-order valence-corrected chi connectivity index (χ1v) is 6.10. The Morgan fingerprint density at radius 1 is 1.44 bits per heavy atom. The number of aryl methyl sites for hydroxylation is 1. The molecular formula is C13H15N3O2. The van der Waals surface area contributed by atoms with E-state index in [1.54, 1.807) is 0 Å². The minimum absolute atomic E-state index is 0.0141. The number of aromatic nitrogens is 1. The Balaban J connectivity index is 1.86. The van der Waals surface area contributed by atoms with Crippen LogP contribution < -0.4 is 10.6 Å². The number of hydrogen-bond donors (Lipinski definition) is 2. The number of carbonyl (C=O) groups excluding carboxylic acids is 1. The number of carbonyl (C=O) groups is 1. The molecule has 1 aromatic carbocycles. The Morgan fingerprint density at radius 3 is 3.11 bits per heavy atom. The number of fused-ring (bicyclic) bond motifs is 1. The molecule has 5 nitrogen and oxygen atoms in total. The quantitative estimate of drug-likeness (QED) is 0.820. The molecule has 2 N–H and O–H groups in total. The average Bonchev–Trinajstić information content (AvgIpc) is 2.76. The van der Waals surface area contributed by atoms with Crippen molar-refractivity contribution in [3.8, 4) is 0 Å². The number of nitrogens with one attached hydrogen (secondary N) is 2. The van der Waals surface area contributed by atoms with Crippen molar-refractivity contribution in [1.29, 1.82) is 0 Å². The summed E-state index contributed by atoms with van der Waals surface area (Å²) in [6.45, 7) is 3.46. The molecule has 0 spiro atoms. The Kier molecular flexibility index (Phi) is 2.76. The van der Waals surface area contributed by atoms with Crippen molar-refractivity contribution < 1.29 is 9.21 Å². The lowest BCUT2D eigenvalue weighted by Crippen LogP contribution is -2.53. The third-order valence-corrected chi connectivity index (χ3v) is 3.17. The van der Waals surface area contributed by atoms with Gasteiger partial charge in [-0.25, -0.2) is 4.98 Å². The zero-order chi connectivity index (χ0) is 12.5. The zero-order valence-corrected chi connectivity index (χ0v) is 10.2. The van der Waals surface area contributed by atoms with Crippen LogP contribution in [0.5, 0.6) is 0 Å². The molecule has 1 unspecified atom stereocenters. The standard InChI is InChI=1S/C13H15N3O2/c1-8-3-2-4-9-12(8)18-11(16-9)7-10-13(17)15-6-5-14-10/h2-4,10,14H,5-7H2,1H3,(H,15,17). The number of piperazine rings is 1. The van der Waals surface area contributed by atoms with Gasteiger partial charge in [0.2, 0.25) is 5.91 Å². The lowest BCUT2D eigenvalue weighted by molar-refractivity contribution is -0.124. The first-order valence-electron chi connectivity index (χ1n) is 6.10. The molecule has 1 atom stereocenters. The van der Waals surface area contributed by atoms with E-state index in [2.05, 4.69) is 15.6 Å². The van der Waals surface area contributed by atoms with Crippen molar-refractivity contribution in [2.24, 2.45) is 0 Å². The van der Waals surface area contributed by atoms with E-state index in [0.29, 0.717) is 18.9 Å². The van der Waals surface area contributed by atoms with E-state index in [0.717, 1.165) is 23.2 Å². The van der Waals surface area contributed by atoms with Crippen molar-refractivity contribution in [2.75, 3.05) is 13.1 Å². The lowest BCUT2D eigenvalue weighted by Gasteiger charge is -2.22. The van der Waals surface area contributed by atoms with Gasteiger partial charge in [0.1, 0.15) is 5.52 Å². The predicted molar refractivity (Wildman–Crippen MR) is 67.3 cm³/mol. The molecule has 1 aliphatic heterocycles. The van der Waals surface area contributed by atoms with Crippen LogP contribution in [0.1, 0.15) is 11.5 Å². The van der Waals surface area contributed by atoms with Gasteiger partial charge in [0.15, 0.2) is 11.5 Å². The Hall–Kier alpha value is -1.88. The van der Waals surface area contributed by atoms with Gasteiger partial charge in [-0.15, -0.1) is 0 Å². The van der Waals surface area contributed by atoms with Crippen molar-refractivity contribution in [2.45, 2.75) is 19.4 Å². The lowest BCUT2D eigenvalue weighted by atomic mass is 10.1. The molecule has 94 valence electrons. The highest BCUT2D eigenvalue weighted by molar-refractivity contribution is 5.83. The first kappa shape index (κ1) is 11.2. The van der Waals surface area contributed by atoms with Gasteiger partial charge >= 0.3 is 0 Å². The van der Waals surface area contributed by atoms with E-state index in [4.69, 9.17) is 4.42 Å². The van der Waals surface area contributed by atoms with Crippen LogP contribution in [-0.2, 0) is 11.2 Å². The van der Waals surface area contributed by atoms with Crippen LogP contribution in [0.3, 0.4) is 0 Å². The number of nitrogens with zero attached hydrogens (tertiary/aromatic N) is 1. The second-order valence-corrected chi connectivity index (χ2v) is 4.53. The Bertz CT molecular complexity index is 591. The molecule has 18 heavy (non-hydrogen) atoms. The number of oxazole rings is 1. The van der Waals surface area contributed by atoms with Crippen LogP contribution in [0, 0.1) is 6.92 Å². The minimum atomic E-state index is -0.243. The molecule has 1 aliphatic rings. The van der Waals surface area contributed by atoms with Gasteiger partial charge in [-0.2, -0.15) is 0 Å². The van der Waals surface area contributed by atoms with Gasteiger partial charge in [0.25, 0.3) is 0 Å². The number of amides is 1. The maximum Gasteiger partial charge on any atom is 0.237 e. The van der Waals surface area contributed by atoms with Crippen LogP contribution in [0.4, 0.5) is 0 Å². The van der Waals surface area contributed by atoms with Crippen molar-refractivity contribution in [3.63, 3.8) is 0 Å². The van der Waals surface area contributed by atoms with E-state index < -0.39 is 0 Å². The molecule has 1 saturated heterocycles. The molecule has 1 fully saturated rings. The van der Waals surface area contributed by atoms with Crippen LogP contribution >= 0.6 is 0 Å². The summed E-state index contributed by atoms with van der Waals surface area (Å²) in [7, 11) is 0. The minimum Gasteiger partial charge on any atom is -0.440 e. The maximum atomic E-state index is 11.6. The summed E-state index contributed by atoms with van der Waals surface area (Å²) in [5, 5.41) is 5.99. The molecular weight excluding hydrogens is 230 g/mol. The highest BCUT2D eigenvalue weighted by Crippen LogP contribution is 2.20. The van der Waals surface area contributed by atoms with Gasteiger partial charge in [-0.1, -0.05) is 12.1 Å². The summed E-state index contributed by atoms with van der Waals surface area (Å²) < 4.78 is 5.72. The van der Waals surface area contributed by atoms with Crippen molar-refractivity contribution >= 4 is 17.0 Å². The number of benzene rings is 1. The fourth-order valence-electron chi connectivity index (χ4n) is 2.21. The Morgan fingerprint density at radius 2 is 2.33 bits per heavy atom. The smallest absolute Gasteiger partial charge is 0.237 e.